The van der Waals surface area contributed by atoms with Crippen LogP contribution in [0.4, 0.5) is 4.39 Å². The van der Waals surface area contributed by atoms with Crippen molar-refractivity contribution in [2.75, 3.05) is 5.88 Å². The summed E-state index contributed by atoms with van der Waals surface area (Å²) in [6, 6.07) is 10.5. The average Bonchev–Trinajstić information content (AvgIpc) is 2.33. The molecule has 0 N–H and O–H groups in total. The molecule has 0 aliphatic rings. The normalized spacial score (nSPS) is 9.88. The van der Waals surface area contributed by atoms with E-state index in [4.69, 9.17) is 11.6 Å². The van der Waals surface area contributed by atoms with E-state index in [0.717, 1.165) is 10.9 Å². The Morgan fingerprint density at radius 3 is 2.56 bits per heavy atom. The molecule has 0 amide bonds. The van der Waals surface area contributed by atoms with Gasteiger partial charge in [-0.1, -0.05) is 36.1 Å². The zero-order valence-corrected chi connectivity index (χ0v) is 9.39. The molecule has 2 aromatic rings. The summed E-state index contributed by atoms with van der Waals surface area (Å²) in [5.41, 5.74) is 0.849. The second-order valence-corrected chi connectivity index (χ2v) is 3.76. The number of hydrogen-bond donors (Lipinski definition) is 0. The fourth-order valence-corrected chi connectivity index (χ4v) is 1.67. The molecular formula is C14H10ClF. The van der Waals surface area contributed by atoms with Crippen LogP contribution in [-0.2, 0) is 0 Å². The molecule has 0 saturated carbocycles. The molecular weight excluding hydrogens is 223 g/mol. The number of hydrogen-bond acceptors (Lipinski definition) is 0. The van der Waals surface area contributed by atoms with Gasteiger partial charge in [-0.15, -0.1) is 11.6 Å². The molecule has 0 saturated heterocycles. The van der Waals surface area contributed by atoms with Gasteiger partial charge >= 0.3 is 0 Å². The van der Waals surface area contributed by atoms with Gasteiger partial charge in [-0.2, -0.15) is 0 Å². The Morgan fingerprint density at radius 1 is 1.06 bits per heavy atom. The Balaban J connectivity index is 2.56. The summed E-state index contributed by atoms with van der Waals surface area (Å²) >= 11 is 5.55. The van der Waals surface area contributed by atoms with E-state index in [9.17, 15) is 4.39 Å². The smallest absolute Gasteiger partial charge is 0.131 e. The van der Waals surface area contributed by atoms with Crippen molar-refractivity contribution in [3.05, 3.63) is 47.8 Å². The molecule has 2 aromatic carbocycles. The zero-order chi connectivity index (χ0) is 11.4. The van der Waals surface area contributed by atoms with Gasteiger partial charge in [-0.3, -0.25) is 0 Å². The highest BCUT2D eigenvalue weighted by Crippen LogP contribution is 2.20. The molecule has 0 aliphatic carbocycles. The SMILES string of the molecule is Fc1ccc(C#CCCCl)c2ccccc12. The molecule has 16 heavy (non-hydrogen) atoms. The van der Waals surface area contributed by atoms with Crippen molar-refractivity contribution >= 4 is 22.4 Å². The lowest BCUT2D eigenvalue weighted by atomic mass is 10.0. The van der Waals surface area contributed by atoms with Crippen LogP contribution in [-0.4, -0.2) is 5.88 Å². The van der Waals surface area contributed by atoms with Crippen molar-refractivity contribution in [2.45, 2.75) is 6.42 Å². The number of rotatable bonds is 1. The molecule has 0 atom stereocenters. The van der Waals surface area contributed by atoms with E-state index in [1.807, 2.05) is 18.2 Å². The molecule has 0 aliphatic heterocycles. The molecule has 80 valence electrons. The first-order chi connectivity index (χ1) is 7.83. The van der Waals surface area contributed by atoms with Crippen molar-refractivity contribution in [3.8, 4) is 11.8 Å². The fraction of sp³-hybridized carbons (Fsp3) is 0.143. The van der Waals surface area contributed by atoms with Crippen LogP contribution in [0.15, 0.2) is 36.4 Å². The predicted octanol–water partition coefficient (Wildman–Crippen LogP) is 3.96. The summed E-state index contributed by atoms with van der Waals surface area (Å²) in [6.07, 6.45) is 0.646. The molecule has 0 unspecified atom stereocenters. The minimum atomic E-state index is -0.210. The Labute approximate surface area is 99.0 Å². The monoisotopic (exact) mass is 232 g/mol. The van der Waals surface area contributed by atoms with E-state index < -0.39 is 0 Å². The van der Waals surface area contributed by atoms with Crippen molar-refractivity contribution in [3.63, 3.8) is 0 Å². The average molecular weight is 233 g/mol. The van der Waals surface area contributed by atoms with E-state index in [-0.39, 0.29) is 5.82 Å². The molecule has 2 heteroatoms. The predicted molar refractivity (Wildman–Crippen MR) is 66.1 cm³/mol. The minimum absolute atomic E-state index is 0.210. The maximum absolute atomic E-state index is 13.5. The summed E-state index contributed by atoms with van der Waals surface area (Å²) in [7, 11) is 0. The molecule has 0 bridgehead atoms. The molecule has 0 fully saturated rings. The van der Waals surface area contributed by atoms with E-state index >= 15 is 0 Å². The topological polar surface area (TPSA) is 0 Å². The third kappa shape index (κ3) is 2.18. The molecule has 0 spiro atoms. The van der Waals surface area contributed by atoms with Crippen molar-refractivity contribution < 1.29 is 4.39 Å². The third-order valence-electron chi connectivity index (χ3n) is 2.31. The highest BCUT2D eigenvalue weighted by molar-refractivity contribution is 6.18. The maximum atomic E-state index is 13.5. The first kappa shape index (κ1) is 11.0. The van der Waals surface area contributed by atoms with Gasteiger partial charge in [0, 0.05) is 28.6 Å². The van der Waals surface area contributed by atoms with Gasteiger partial charge in [-0.05, 0) is 12.1 Å². The van der Waals surface area contributed by atoms with Crippen LogP contribution in [0.1, 0.15) is 12.0 Å². The van der Waals surface area contributed by atoms with Gasteiger partial charge < -0.3 is 0 Å². The van der Waals surface area contributed by atoms with Gasteiger partial charge in [0.15, 0.2) is 0 Å². The van der Waals surface area contributed by atoms with E-state index in [0.29, 0.717) is 17.7 Å². The van der Waals surface area contributed by atoms with Crippen LogP contribution < -0.4 is 0 Å². The summed E-state index contributed by atoms with van der Waals surface area (Å²) < 4.78 is 13.5. The molecule has 0 heterocycles. The summed E-state index contributed by atoms with van der Waals surface area (Å²) in [5.74, 6) is 6.28. The fourth-order valence-electron chi connectivity index (χ4n) is 1.58. The van der Waals surface area contributed by atoms with Crippen LogP contribution in [0, 0.1) is 17.7 Å². The standard InChI is InChI=1S/C14H10ClF/c15-10-4-3-5-11-8-9-14(16)13-7-2-1-6-12(11)13/h1-2,6-9H,4,10H2. The number of fused-ring (bicyclic) bond motifs is 1. The quantitative estimate of drug-likeness (QED) is 0.516. The van der Waals surface area contributed by atoms with Gasteiger partial charge in [0.1, 0.15) is 5.82 Å². The maximum Gasteiger partial charge on any atom is 0.131 e. The summed E-state index contributed by atoms with van der Waals surface area (Å²) in [4.78, 5) is 0. The molecule has 0 aromatic heterocycles. The lowest BCUT2D eigenvalue weighted by Crippen LogP contribution is -1.84. The third-order valence-corrected chi connectivity index (χ3v) is 2.50. The number of alkyl halides is 1. The van der Waals surface area contributed by atoms with Gasteiger partial charge in [0.25, 0.3) is 0 Å². The van der Waals surface area contributed by atoms with Crippen molar-refractivity contribution in [2.24, 2.45) is 0 Å². The van der Waals surface area contributed by atoms with E-state index in [1.165, 1.54) is 6.07 Å². The van der Waals surface area contributed by atoms with Crippen molar-refractivity contribution in [1.29, 1.82) is 0 Å². The van der Waals surface area contributed by atoms with Gasteiger partial charge in [0.2, 0.25) is 0 Å². The van der Waals surface area contributed by atoms with Crippen LogP contribution in [0.2, 0.25) is 0 Å². The second-order valence-electron chi connectivity index (χ2n) is 3.38. The molecule has 2 rings (SSSR count). The first-order valence-electron chi connectivity index (χ1n) is 5.05. The van der Waals surface area contributed by atoms with E-state index in [2.05, 4.69) is 11.8 Å². The van der Waals surface area contributed by atoms with Crippen LogP contribution in [0.3, 0.4) is 0 Å². The van der Waals surface area contributed by atoms with Crippen LogP contribution in [0.25, 0.3) is 10.8 Å². The highest BCUT2D eigenvalue weighted by Gasteiger charge is 2.02. The molecule has 0 nitrogen and oxygen atoms in total. The van der Waals surface area contributed by atoms with Gasteiger partial charge in [-0.25, -0.2) is 4.39 Å². The Hall–Kier alpha value is -1.52. The highest BCUT2D eigenvalue weighted by atomic mass is 35.5. The molecule has 0 radical (unpaired) electrons. The zero-order valence-electron chi connectivity index (χ0n) is 8.63. The Bertz CT molecular complexity index is 564. The second kappa shape index (κ2) is 5.01. The van der Waals surface area contributed by atoms with Crippen LogP contribution >= 0.6 is 11.6 Å². The van der Waals surface area contributed by atoms with Gasteiger partial charge in [0.05, 0.1) is 0 Å². The Morgan fingerprint density at radius 2 is 1.81 bits per heavy atom. The van der Waals surface area contributed by atoms with Crippen molar-refractivity contribution in [1.82, 2.24) is 0 Å². The lowest BCUT2D eigenvalue weighted by Gasteiger charge is -2.01. The first-order valence-corrected chi connectivity index (χ1v) is 5.58. The summed E-state index contributed by atoms with van der Waals surface area (Å²) in [6.45, 7) is 0. The lowest BCUT2D eigenvalue weighted by molar-refractivity contribution is 0.640. The van der Waals surface area contributed by atoms with Crippen LogP contribution in [0.5, 0.6) is 0 Å². The number of halogens is 2. The Kier molecular flexibility index (Phi) is 3.44. The minimum Gasteiger partial charge on any atom is -0.206 e. The van der Waals surface area contributed by atoms with E-state index in [1.54, 1.807) is 12.1 Å². The largest absolute Gasteiger partial charge is 0.206 e. The number of benzene rings is 2. The summed E-state index contributed by atoms with van der Waals surface area (Å²) in [5, 5.41) is 1.46.